The lowest BCUT2D eigenvalue weighted by Crippen LogP contribution is -2.38. The van der Waals surface area contributed by atoms with Crippen LogP contribution in [0.25, 0.3) is 0 Å². The van der Waals surface area contributed by atoms with Crippen LogP contribution < -0.4 is 0 Å². The van der Waals surface area contributed by atoms with Crippen molar-refractivity contribution in [3.8, 4) is 0 Å². The molecule has 1 aromatic rings. The third-order valence-corrected chi connectivity index (χ3v) is 6.86. The average molecular weight is 357 g/mol. The fraction of sp³-hybridized carbons (Fsp3) is 0.562. The SMILES string of the molecule is CSc1ccc(S(=O)(=O)N(C)C)cc1C(=O)N1CCC(C)CC1. The summed E-state index contributed by atoms with van der Waals surface area (Å²) >= 11 is 1.46. The van der Waals surface area contributed by atoms with Crippen LogP contribution in [0.4, 0.5) is 0 Å². The second-order valence-corrected chi connectivity index (χ2v) is 9.12. The number of amides is 1. The smallest absolute Gasteiger partial charge is 0.255 e. The summed E-state index contributed by atoms with van der Waals surface area (Å²) in [6.07, 6.45) is 3.89. The molecule has 1 aromatic carbocycles. The number of sulfonamides is 1. The fourth-order valence-corrected chi connectivity index (χ4v) is 4.11. The summed E-state index contributed by atoms with van der Waals surface area (Å²) in [5, 5.41) is 0. The maximum atomic E-state index is 12.8. The van der Waals surface area contributed by atoms with E-state index in [0.717, 1.165) is 35.1 Å². The Hall–Kier alpha value is -1.05. The van der Waals surface area contributed by atoms with Crippen LogP contribution in [0.1, 0.15) is 30.1 Å². The van der Waals surface area contributed by atoms with E-state index in [4.69, 9.17) is 0 Å². The van der Waals surface area contributed by atoms with Gasteiger partial charge in [0.1, 0.15) is 0 Å². The molecule has 128 valence electrons. The number of nitrogens with zero attached hydrogens (tertiary/aromatic N) is 2. The minimum atomic E-state index is -3.54. The summed E-state index contributed by atoms with van der Waals surface area (Å²) in [4.78, 5) is 15.6. The van der Waals surface area contributed by atoms with E-state index in [2.05, 4.69) is 6.92 Å². The van der Waals surface area contributed by atoms with Gasteiger partial charge in [-0.15, -0.1) is 11.8 Å². The molecule has 1 amide bonds. The van der Waals surface area contributed by atoms with Crippen LogP contribution in [0, 0.1) is 5.92 Å². The maximum Gasteiger partial charge on any atom is 0.255 e. The molecule has 5 nitrogen and oxygen atoms in total. The predicted octanol–water partition coefficient (Wildman–Crippen LogP) is 2.53. The van der Waals surface area contributed by atoms with Gasteiger partial charge in [0.15, 0.2) is 0 Å². The third-order valence-electron chi connectivity index (χ3n) is 4.25. The zero-order valence-electron chi connectivity index (χ0n) is 14.1. The van der Waals surface area contributed by atoms with Gasteiger partial charge in [0.05, 0.1) is 10.5 Å². The monoisotopic (exact) mass is 356 g/mol. The predicted molar refractivity (Wildman–Crippen MR) is 93.4 cm³/mol. The van der Waals surface area contributed by atoms with Gasteiger partial charge in [-0.05, 0) is 43.2 Å². The van der Waals surface area contributed by atoms with E-state index < -0.39 is 10.0 Å². The largest absolute Gasteiger partial charge is 0.339 e. The van der Waals surface area contributed by atoms with Crippen molar-refractivity contribution in [2.24, 2.45) is 5.92 Å². The van der Waals surface area contributed by atoms with E-state index in [9.17, 15) is 13.2 Å². The van der Waals surface area contributed by atoms with E-state index in [1.807, 2.05) is 11.2 Å². The molecule has 23 heavy (non-hydrogen) atoms. The van der Waals surface area contributed by atoms with Crippen molar-refractivity contribution >= 4 is 27.7 Å². The molecule has 0 N–H and O–H groups in total. The second kappa shape index (κ2) is 7.23. The third kappa shape index (κ3) is 3.89. The number of rotatable bonds is 4. The summed E-state index contributed by atoms with van der Waals surface area (Å²) < 4.78 is 25.8. The second-order valence-electron chi connectivity index (χ2n) is 6.12. The van der Waals surface area contributed by atoms with Gasteiger partial charge < -0.3 is 4.90 Å². The Morgan fingerprint density at radius 1 is 1.26 bits per heavy atom. The summed E-state index contributed by atoms with van der Waals surface area (Å²) in [6, 6.07) is 4.80. The number of piperidine rings is 1. The minimum absolute atomic E-state index is 0.0722. The molecule has 0 unspecified atom stereocenters. The van der Waals surface area contributed by atoms with Crippen molar-refractivity contribution in [1.82, 2.24) is 9.21 Å². The minimum Gasteiger partial charge on any atom is -0.339 e. The zero-order valence-corrected chi connectivity index (χ0v) is 15.7. The van der Waals surface area contributed by atoms with Crippen LogP contribution in [0.3, 0.4) is 0 Å². The molecule has 0 aliphatic carbocycles. The Labute approximate surface area is 143 Å². The van der Waals surface area contributed by atoms with Gasteiger partial charge in [-0.25, -0.2) is 12.7 Å². The standard InChI is InChI=1S/C16H24N2O3S2/c1-12-7-9-18(10-8-12)16(19)14-11-13(5-6-15(14)22-4)23(20,21)17(2)3/h5-6,11-12H,7-10H2,1-4H3. The number of benzene rings is 1. The highest BCUT2D eigenvalue weighted by molar-refractivity contribution is 7.98. The van der Waals surface area contributed by atoms with Gasteiger partial charge in [-0.3, -0.25) is 4.79 Å². The van der Waals surface area contributed by atoms with E-state index in [0.29, 0.717) is 11.5 Å². The highest BCUT2D eigenvalue weighted by Crippen LogP contribution is 2.27. The molecule has 7 heteroatoms. The van der Waals surface area contributed by atoms with Gasteiger partial charge >= 0.3 is 0 Å². The number of hydrogen-bond donors (Lipinski definition) is 0. The van der Waals surface area contributed by atoms with E-state index in [1.165, 1.54) is 31.9 Å². The number of carbonyl (C=O) groups is 1. The molecule has 1 fully saturated rings. The number of thioether (sulfide) groups is 1. The Morgan fingerprint density at radius 2 is 1.87 bits per heavy atom. The first-order valence-corrected chi connectivity index (χ1v) is 10.3. The molecule has 1 saturated heterocycles. The number of hydrogen-bond acceptors (Lipinski definition) is 4. The van der Waals surface area contributed by atoms with E-state index in [-0.39, 0.29) is 10.8 Å². The lowest BCUT2D eigenvalue weighted by molar-refractivity contribution is 0.0693. The lowest BCUT2D eigenvalue weighted by atomic mass is 9.98. The van der Waals surface area contributed by atoms with Gasteiger partial charge in [0.25, 0.3) is 5.91 Å². The first kappa shape index (κ1) is 18.3. The molecule has 0 atom stereocenters. The Kier molecular flexibility index (Phi) is 5.75. The van der Waals surface area contributed by atoms with Crippen molar-refractivity contribution in [3.63, 3.8) is 0 Å². The first-order valence-electron chi connectivity index (χ1n) is 7.67. The molecule has 0 bridgehead atoms. The van der Waals surface area contributed by atoms with E-state index >= 15 is 0 Å². The molecule has 0 spiro atoms. The molecule has 0 aromatic heterocycles. The highest BCUT2D eigenvalue weighted by Gasteiger charge is 2.26. The summed E-state index contributed by atoms with van der Waals surface area (Å²) in [7, 11) is -0.561. The Balaban J connectivity index is 2.38. The molecule has 1 aliphatic heterocycles. The Morgan fingerprint density at radius 3 is 2.39 bits per heavy atom. The number of likely N-dealkylation sites (tertiary alicyclic amines) is 1. The molecule has 1 aliphatic rings. The van der Waals surface area contributed by atoms with Gasteiger partial charge in [0, 0.05) is 32.1 Å². The highest BCUT2D eigenvalue weighted by atomic mass is 32.2. The quantitative estimate of drug-likeness (QED) is 0.778. The van der Waals surface area contributed by atoms with Crippen molar-refractivity contribution in [1.29, 1.82) is 0 Å². The van der Waals surface area contributed by atoms with Gasteiger partial charge in [-0.2, -0.15) is 0 Å². The van der Waals surface area contributed by atoms with Crippen LogP contribution in [0.15, 0.2) is 28.0 Å². The van der Waals surface area contributed by atoms with Crippen molar-refractivity contribution in [2.75, 3.05) is 33.4 Å². The fourth-order valence-electron chi connectivity index (χ4n) is 2.61. The summed E-state index contributed by atoms with van der Waals surface area (Å²) in [6.45, 7) is 3.66. The molecular weight excluding hydrogens is 332 g/mol. The van der Waals surface area contributed by atoms with E-state index in [1.54, 1.807) is 12.1 Å². The number of carbonyl (C=O) groups excluding carboxylic acids is 1. The van der Waals surface area contributed by atoms with Crippen molar-refractivity contribution < 1.29 is 13.2 Å². The Bertz CT molecular complexity index is 679. The topological polar surface area (TPSA) is 57.7 Å². The van der Waals surface area contributed by atoms with Crippen molar-refractivity contribution in [2.45, 2.75) is 29.6 Å². The summed E-state index contributed by atoms with van der Waals surface area (Å²) in [5.74, 6) is 0.566. The molecular formula is C16H24N2O3S2. The maximum absolute atomic E-state index is 12.8. The normalized spacial score (nSPS) is 16.8. The zero-order chi connectivity index (χ0) is 17.2. The van der Waals surface area contributed by atoms with Crippen molar-refractivity contribution in [3.05, 3.63) is 23.8 Å². The molecule has 0 radical (unpaired) electrons. The van der Waals surface area contributed by atoms with Gasteiger partial charge in [-0.1, -0.05) is 6.92 Å². The van der Waals surface area contributed by atoms with Crippen LogP contribution in [0.5, 0.6) is 0 Å². The average Bonchev–Trinajstić information content (AvgIpc) is 2.54. The van der Waals surface area contributed by atoms with Crippen LogP contribution in [-0.4, -0.2) is 57.0 Å². The van der Waals surface area contributed by atoms with Gasteiger partial charge in [0.2, 0.25) is 10.0 Å². The molecule has 1 heterocycles. The first-order chi connectivity index (χ1) is 10.8. The molecule has 2 rings (SSSR count). The molecule has 0 saturated carbocycles. The van der Waals surface area contributed by atoms with Crippen LogP contribution in [0.2, 0.25) is 0 Å². The lowest BCUT2D eigenvalue weighted by Gasteiger charge is -2.31. The van der Waals surface area contributed by atoms with Crippen LogP contribution in [-0.2, 0) is 10.0 Å². The summed E-state index contributed by atoms with van der Waals surface area (Å²) in [5.41, 5.74) is 0.481. The van der Waals surface area contributed by atoms with Crippen LogP contribution >= 0.6 is 11.8 Å².